The Morgan fingerprint density at radius 2 is 1.70 bits per heavy atom. The van der Waals surface area contributed by atoms with Gasteiger partial charge in [0.15, 0.2) is 11.5 Å². The zero-order chi connectivity index (χ0) is 19.8. The summed E-state index contributed by atoms with van der Waals surface area (Å²) in [6, 6.07) is 5.16. The van der Waals surface area contributed by atoms with Crippen LogP contribution in [-0.2, 0) is 16.8 Å². The van der Waals surface area contributed by atoms with Gasteiger partial charge in [0.2, 0.25) is 0 Å². The largest absolute Gasteiger partial charge is 0.493 e. The van der Waals surface area contributed by atoms with Crippen molar-refractivity contribution in [1.82, 2.24) is 19.7 Å². The first-order chi connectivity index (χ1) is 12.7. The molecule has 144 valence electrons. The van der Waals surface area contributed by atoms with Gasteiger partial charge < -0.3 is 9.47 Å². The normalized spacial score (nSPS) is 11.7. The molecular formula is C15H15F2N5O4S. The van der Waals surface area contributed by atoms with E-state index in [2.05, 4.69) is 10.3 Å². The number of benzene rings is 2. The second-order valence-corrected chi connectivity index (χ2v) is 6.83. The Bertz CT molecular complexity index is 1090. The quantitative estimate of drug-likeness (QED) is 0.638. The van der Waals surface area contributed by atoms with Gasteiger partial charge in [0.1, 0.15) is 17.2 Å². The van der Waals surface area contributed by atoms with Crippen LogP contribution in [-0.4, -0.2) is 37.6 Å². The molecule has 0 fully saturated rings. The number of nitrogens with zero attached hydrogens (tertiary/aromatic N) is 3. The Morgan fingerprint density at radius 1 is 1.11 bits per heavy atom. The summed E-state index contributed by atoms with van der Waals surface area (Å²) in [5.74, 6) is -1.11. The van der Waals surface area contributed by atoms with E-state index in [1.807, 2.05) is 4.72 Å². The van der Waals surface area contributed by atoms with Gasteiger partial charge in [-0.05, 0) is 0 Å². The first-order valence-electron chi connectivity index (χ1n) is 7.46. The number of fused-ring (bicyclic) bond motifs is 1. The van der Waals surface area contributed by atoms with Crippen LogP contribution in [0.3, 0.4) is 0 Å². The third-order valence-electron chi connectivity index (χ3n) is 3.77. The van der Waals surface area contributed by atoms with Gasteiger partial charge in [-0.2, -0.15) is 13.1 Å². The summed E-state index contributed by atoms with van der Waals surface area (Å²) in [6.45, 7) is -0.625. The molecule has 0 saturated heterocycles. The van der Waals surface area contributed by atoms with Gasteiger partial charge in [0.05, 0.1) is 25.4 Å². The molecule has 0 amide bonds. The van der Waals surface area contributed by atoms with Crippen LogP contribution < -0.4 is 19.3 Å². The number of hydrogen-bond acceptors (Lipinski definition) is 6. The van der Waals surface area contributed by atoms with Crippen LogP contribution in [0.4, 0.5) is 8.78 Å². The number of nitrogens with two attached hydrogens (primary N) is 1. The smallest absolute Gasteiger partial charge is 0.274 e. The molecule has 0 aliphatic heterocycles. The summed E-state index contributed by atoms with van der Waals surface area (Å²) in [7, 11) is -1.17. The molecule has 9 nitrogen and oxygen atoms in total. The molecule has 0 aliphatic rings. The number of aromatic nitrogens is 3. The Kier molecular flexibility index (Phi) is 4.95. The summed E-state index contributed by atoms with van der Waals surface area (Å²) < 4.78 is 63.9. The number of ether oxygens (including phenoxy) is 2. The number of nitrogens with one attached hydrogen (secondary N) is 1. The molecular weight excluding hydrogens is 384 g/mol. The zero-order valence-electron chi connectivity index (χ0n) is 14.2. The van der Waals surface area contributed by atoms with E-state index in [1.54, 1.807) is 12.1 Å². The van der Waals surface area contributed by atoms with Gasteiger partial charge in [0.25, 0.3) is 10.2 Å². The average molecular weight is 399 g/mol. The van der Waals surface area contributed by atoms with E-state index in [4.69, 9.17) is 14.6 Å². The highest BCUT2D eigenvalue weighted by atomic mass is 32.2. The van der Waals surface area contributed by atoms with E-state index in [0.717, 1.165) is 12.1 Å². The molecule has 0 saturated carbocycles. The van der Waals surface area contributed by atoms with E-state index in [0.29, 0.717) is 22.5 Å². The van der Waals surface area contributed by atoms with Crippen molar-refractivity contribution in [3.05, 3.63) is 41.5 Å². The van der Waals surface area contributed by atoms with Crippen molar-refractivity contribution in [3.8, 4) is 17.2 Å². The zero-order valence-corrected chi connectivity index (χ0v) is 15.0. The third-order valence-corrected chi connectivity index (χ3v) is 4.32. The lowest BCUT2D eigenvalue weighted by atomic mass is 10.1. The second kappa shape index (κ2) is 7.06. The van der Waals surface area contributed by atoms with Crippen molar-refractivity contribution < 1.29 is 26.7 Å². The monoisotopic (exact) mass is 399 g/mol. The van der Waals surface area contributed by atoms with Crippen LogP contribution in [0.15, 0.2) is 24.3 Å². The minimum atomic E-state index is -4.09. The fourth-order valence-electron chi connectivity index (χ4n) is 2.49. The fraction of sp³-hybridized carbons (Fsp3) is 0.200. The van der Waals surface area contributed by atoms with Crippen molar-refractivity contribution in [1.29, 1.82) is 0 Å². The van der Waals surface area contributed by atoms with E-state index >= 15 is 0 Å². The first kappa shape index (κ1) is 18.9. The lowest BCUT2D eigenvalue weighted by Crippen LogP contribution is -2.30. The van der Waals surface area contributed by atoms with Gasteiger partial charge in [-0.1, -0.05) is 5.21 Å². The maximum Gasteiger partial charge on any atom is 0.274 e. The summed E-state index contributed by atoms with van der Waals surface area (Å²) in [4.78, 5) is 0. The van der Waals surface area contributed by atoms with E-state index in [9.17, 15) is 17.2 Å². The number of methoxy groups -OCH3 is 2. The van der Waals surface area contributed by atoms with Crippen molar-refractivity contribution >= 4 is 21.2 Å². The average Bonchev–Trinajstić information content (AvgIpc) is 3.01. The van der Waals surface area contributed by atoms with Crippen LogP contribution in [0, 0.1) is 11.6 Å². The van der Waals surface area contributed by atoms with Crippen molar-refractivity contribution in [2.75, 3.05) is 14.2 Å². The standard InChI is InChI=1S/C15H15F2N5O4S/c1-25-14-5-12-13(6-15(14)26-2)22(21-20-12)8-3-10(16)9(11(17)4-8)7-19-27(18,23)24/h3-6,19H,7H2,1-2H3,(H2,18,23,24). The number of halogens is 2. The molecule has 0 spiro atoms. The minimum absolute atomic E-state index is 0.0547. The van der Waals surface area contributed by atoms with Gasteiger partial charge >= 0.3 is 0 Å². The predicted molar refractivity (Wildman–Crippen MR) is 91.8 cm³/mol. The van der Waals surface area contributed by atoms with Gasteiger partial charge in [0, 0.05) is 36.4 Å². The highest BCUT2D eigenvalue weighted by Crippen LogP contribution is 2.32. The van der Waals surface area contributed by atoms with E-state index < -0.39 is 34.0 Å². The summed E-state index contributed by atoms with van der Waals surface area (Å²) in [6.07, 6.45) is 0. The molecule has 0 aliphatic carbocycles. The predicted octanol–water partition coefficient (Wildman–Crippen LogP) is 1.01. The summed E-state index contributed by atoms with van der Waals surface area (Å²) >= 11 is 0. The van der Waals surface area contributed by atoms with Gasteiger partial charge in [-0.3, -0.25) is 0 Å². The Labute approximate surface area is 152 Å². The van der Waals surface area contributed by atoms with E-state index in [-0.39, 0.29) is 5.69 Å². The highest BCUT2D eigenvalue weighted by molar-refractivity contribution is 7.87. The number of rotatable bonds is 6. The Morgan fingerprint density at radius 3 is 2.26 bits per heavy atom. The molecule has 12 heteroatoms. The first-order valence-corrected chi connectivity index (χ1v) is 9.01. The molecule has 3 rings (SSSR count). The maximum absolute atomic E-state index is 14.3. The fourth-order valence-corrected chi connectivity index (χ4v) is 2.84. The SMILES string of the molecule is COc1cc2nnn(-c3cc(F)c(CNS(N)(=O)=O)c(F)c3)c2cc1OC. The van der Waals surface area contributed by atoms with Crippen LogP contribution in [0.5, 0.6) is 11.5 Å². The van der Waals surface area contributed by atoms with Crippen LogP contribution in [0.2, 0.25) is 0 Å². The molecule has 0 radical (unpaired) electrons. The Hall–Kier alpha value is -2.83. The minimum Gasteiger partial charge on any atom is -0.493 e. The number of hydrogen-bond donors (Lipinski definition) is 2. The lowest BCUT2D eigenvalue weighted by molar-refractivity contribution is 0.355. The third kappa shape index (κ3) is 3.82. The molecule has 2 aromatic carbocycles. The molecule has 3 N–H and O–H groups in total. The van der Waals surface area contributed by atoms with E-state index in [1.165, 1.54) is 18.9 Å². The molecule has 0 bridgehead atoms. The highest BCUT2D eigenvalue weighted by Gasteiger charge is 2.17. The maximum atomic E-state index is 14.3. The van der Waals surface area contributed by atoms with Crippen LogP contribution >= 0.6 is 0 Å². The van der Waals surface area contributed by atoms with Crippen molar-refractivity contribution in [3.63, 3.8) is 0 Å². The second-order valence-electron chi connectivity index (χ2n) is 5.45. The molecule has 3 aromatic rings. The molecule has 0 atom stereocenters. The summed E-state index contributed by atoms with van der Waals surface area (Å²) in [5, 5.41) is 12.6. The van der Waals surface area contributed by atoms with Crippen molar-refractivity contribution in [2.45, 2.75) is 6.54 Å². The van der Waals surface area contributed by atoms with Crippen LogP contribution in [0.1, 0.15) is 5.56 Å². The Balaban J connectivity index is 2.06. The molecule has 27 heavy (non-hydrogen) atoms. The summed E-state index contributed by atoms with van der Waals surface area (Å²) in [5.41, 5.74) is 0.436. The van der Waals surface area contributed by atoms with Crippen molar-refractivity contribution in [2.24, 2.45) is 5.14 Å². The lowest BCUT2D eigenvalue weighted by Gasteiger charge is -2.10. The topological polar surface area (TPSA) is 121 Å². The van der Waals surface area contributed by atoms with Gasteiger partial charge in [-0.15, -0.1) is 5.10 Å². The van der Waals surface area contributed by atoms with Crippen LogP contribution in [0.25, 0.3) is 16.7 Å². The molecule has 1 aromatic heterocycles. The molecule has 1 heterocycles. The molecule has 0 unspecified atom stereocenters. The van der Waals surface area contributed by atoms with Gasteiger partial charge in [-0.25, -0.2) is 18.6 Å².